The maximum Gasteiger partial charge on any atom is 0.435 e. The van der Waals surface area contributed by atoms with Gasteiger partial charge in [0.2, 0.25) is 0 Å². The minimum absolute atomic E-state index is 0.0805. The molecular weight excluding hydrogens is 446 g/mol. The number of carbonyl (C=O) groups excluding carboxylic acids is 1. The van der Waals surface area contributed by atoms with Gasteiger partial charge in [0, 0.05) is 28.2 Å². The molecule has 3 aliphatic rings. The van der Waals surface area contributed by atoms with Crippen LogP contribution in [0.3, 0.4) is 0 Å². The molecule has 184 valence electrons. The highest BCUT2D eigenvalue weighted by molar-refractivity contribution is 6.97. The van der Waals surface area contributed by atoms with Crippen LogP contribution in [0.5, 0.6) is 0 Å². The van der Waals surface area contributed by atoms with Crippen LogP contribution in [-0.4, -0.2) is 84.7 Å². The van der Waals surface area contributed by atoms with Gasteiger partial charge in [0.1, 0.15) is 18.3 Å². The molecule has 5 N–H and O–H groups in total. The number of aliphatic hydroxyl groups is 3. The third kappa shape index (κ3) is 2.85. The highest BCUT2D eigenvalue weighted by atomic mass is 28.5. The average molecular weight is 489 g/mol. The predicted octanol–water partition coefficient (Wildman–Crippen LogP) is 2.03. The highest BCUT2D eigenvalue weighted by Crippen LogP contribution is 2.64. The lowest BCUT2D eigenvalue weighted by Crippen LogP contribution is -2.99. The normalized spacial score (nSPS) is 33.5. The van der Waals surface area contributed by atoms with Crippen LogP contribution in [0.4, 0.5) is 4.79 Å². The van der Waals surface area contributed by atoms with Crippen molar-refractivity contribution in [2.75, 3.05) is 13.2 Å². The molecule has 32 heavy (non-hydrogen) atoms. The first-order chi connectivity index (χ1) is 14.8. The summed E-state index contributed by atoms with van der Waals surface area (Å²) in [5.41, 5.74) is 7.33. The topological polar surface area (TPSA) is 125 Å². The quantitative estimate of drug-likeness (QED) is 0.422. The third-order valence-corrected chi connectivity index (χ3v) is 22.3. The van der Waals surface area contributed by atoms with Crippen molar-refractivity contribution in [3.63, 3.8) is 0 Å². The Morgan fingerprint density at radius 3 is 1.88 bits per heavy atom. The van der Waals surface area contributed by atoms with Crippen LogP contribution in [-0.2, 0) is 8.85 Å². The van der Waals surface area contributed by atoms with Crippen LogP contribution in [0.2, 0.25) is 22.2 Å². The molecule has 9 nitrogen and oxygen atoms in total. The number of nitrogens with zero attached hydrogens (tertiary/aromatic N) is 2. The van der Waals surface area contributed by atoms with E-state index in [4.69, 9.17) is 14.6 Å². The van der Waals surface area contributed by atoms with Gasteiger partial charge >= 0.3 is 23.0 Å². The van der Waals surface area contributed by atoms with Gasteiger partial charge in [-0.3, -0.25) is 8.71 Å². The fraction of sp³-hybridized carbons (Fsp3) is 0.857. The van der Waals surface area contributed by atoms with Gasteiger partial charge in [-0.2, -0.15) is 0 Å². The standard InChI is InChI=1S/C21H42N3O6Si2/c1-12(2)31(13(3)4)24(32(30-31,14(5)6)15(7)8)17(22)9-10-23(21(24)28)20-19(27)18(26)16(11-25)29-20/h9,12-16,18-20,25-27H,10-11,22H2,1-8H3/q+1/t16-,18-,19-,20-/m1/s1. The molecule has 1 spiro atoms. The van der Waals surface area contributed by atoms with Crippen LogP contribution in [0.1, 0.15) is 55.4 Å². The zero-order valence-corrected chi connectivity index (χ0v) is 22.6. The second-order valence-corrected chi connectivity index (χ2v) is 20.9. The maximum absolute atomic E-state index is 14.7. The van der Waals surface area contributed by atoms with Crippen molar-refractivity contribution in [1.82, 2.24) is 4.90 Å². The molecule has 0 aromatic rings. The lowest BCUT2D eigenvalue weighted by molar-refractivity contribution is -0.667. The third-order valence-electron chi connectivity index (χ3n) is 7.93. The van der Waals surface area contributed by atoms with E-state index in [0.717, 1.165) is 0 Å². The number of ether oxygens (including phenoxy) is 1. The molecule has 2 saturated heterocycles. The van der Waals surface area contributed by atoms with Crippen molar-refractivity contribution in [3.8, 4) is 0 Å². The molecule has 0 bridgehead atoms. The second kappa shape index (κ2) is 8.45. The number of hydrogen-bond donors (Lipinski definition) is 4. The number of quaternary nitrogens is 1. The van der Waals surface area contributed by atoms with Crippen molar-refractivity contribution in [2.24, 2.45) is 5.73 Å². The lowest BCUT2D eigenvalue weighted by atomic mass is 10.1. The molecule has 0 radical (unpaired) electrons. The average Bonchev–Trinajstić information content (AvgIpc) is 2.95. The number of aliphatic hydroxyl groups excluding tert-OH is 3. The Labute approximate surface area is 193 Å². The van der Waals surface area contributed by atoms with Gasteiger partial charge in [0.15, 0.2) is 12.0 Å². The summed E-state index contributed by atoms with van der Waals surface area (Å²) in [6.07, 6.45) is -2.70. The van der Waals surface area contributed by atoms with E-state index in [2.05, 4.69) is 55.4 Å². The van der Waals surface area contributed by atoms with Gasteiger partial charge in [0.05, 0.1) is 13.2 Å². The van der Waals surface area contributed by atoms with Gasteiger partial charge < -0.3 is 29.9 Å². The zero-order chi connectivity index (χ0) is 24.4. The van der Waals surface area contributed by atoms with Gasteiger partial charge in [-0.25, -0.2) is 4.79 Å². The van der Waals surface area contributed by atoms with Crippen molar-refractivity contribution < 1.29 is 32.8 Å². The van der Waals surface area contributed by atoms with Gasteiger partial charge in [-0.15, -0.1) is 0 Å². The Bertz CT molecular complexity index is 733. The minimum atomic E-state index is -2.83. The van der Waals surface area contributed by atoms with E-state index in [1.54, 1.807) is 0 Å². The highest BCUT2D eigenvalue weighted by Gasteiger charge is 2.90. The summed E-state index contributed by atoms with van der Waals surface area (Å²) < 4.78 is 13.1. The Morgan fingerprint density at radius 2 is 1.50 bits per heavy atom. The second-order valence-electron chi connectivity index (χ2n) is 10.7. The predicted molar refractivity (Wildman–Crippen MR) is 125 cm³/mol. The van der Waals surface area contributed by atoms with Crippen molar-refractivity contribution in [1.29, 1.82) is 0 Å². The summed E-state index contributed by atoms with van der Waals surface area (Å²) in [6, 6.07) is -0.186. The van der Waals surface area contributed by atoms with Crippen LogP contribution in [0, 0.1) is 0 Å². The smallest absolute Gasteiger partial charge is 0.394 e. The van der Waals surface area contributed by atoms with E-state index in [9.17, 15) is 20.1 Å². The number of carbonyl (C=O) groups is 1. The Balaban J connectivity index is 2.24. The van der Waals surface area contributed by atoms with E-state index in [0.29, 0.717) is 5.82 Å². The molecule has 2 amide bonds. The summed E-state index contributed by atoms with van der Waals surface area (Å²) in [4.78, 5) is 16.2. The molecule has 3 heterocycles. The van der Waals surface area contributed by atoms with Crippen LogP contribution in [0.25, 0.3) is 0 Å². The van der Waals surface area contributed by atoms with E-state index in [1.165, 1.54) is 4.90 Å². The lowest BCUT2D eigenvalue weighted by Gasteiger charge is -2.72. The largest absolute Gasteiger partial charge is 0.435 e. The van der Waals surface area contributed by atoms with Crippen LogP contribution in [0.15, 0.2) is 11.9 Å². The zero-order valence-electron chi connectivity index (χ0n) is 20.6. The SMILES string of the molecule is CC(C)[Si]1(C(C)C)O[Si](C(C)C)(C(C)C)[N+]12C(=O)N([C@@H]1O[C@H](CO)[C@@H](O)[C@H]1O)CC=C2N. The van der Waals surface area contributed by atoms with E-state index in [1.807, 2.05) is 6.08 Å². The van der Waals surface area contributed by atoms with Crippen molar-refractivity contribution in [3.05, 3.63) is 11.9 Å². The number of rotatable bonds is 6. The molecule has 0 unspecified atom stereocenters. The summed E-state index contributed by atoms with van der Waals surface area (Å²) in [5, 5.41) is 30.6. The molecule has 0 aromatic carbocycles. The first-order valence-electron chi connectivity index (χ1n) is 11.8. The maximum atomic E-state index is 14.7. The van der Waals surface area contributed by atoms with Crippen LogP contribution < -0.4 is 5.73 Å². The molecule has 0 saturated carbocycles. The fourth-order valence-corrected chi connectivity index (χ4v) is 26.3. The monoisotopic (exact) mass is 488 g/mol. The number of urea groups is 1. The molecule has 11 heteroatoms. The first-order valence-corrected chi connectivity index (χ1v) is 15.8. The first kappa shape index (κ1) is 25.8. The molecule has 3 aliphatic heterocycles. The van der Waals surface area contributed by atoms with E-state index >= 15 is 0 Å². The number of hydrogen-bond acceptors (Lipinski definition) is 7. The summed E-state index contributed by atoms with van der Waals surface area (Å²) in [5.74, 6) is 0.562. The minimum Gasteiger partial charge on any atom is -0.394 e. The summed E-state index contributed by atoms with van der Waals surface area (Å²) in [7, 11) is -5.65. The van der Waals surface area contributed by atoms with E-state index in [-0.39, 0.29) is 38.6 Å². The number of amides is 2. The molecule has 3 rings (SSSR count). The Kier molecular flexibility index (Phi) is 6.82. The van der Waals surface area contributed by atoms with Gasteiger partial charge in [-0.05, 0) is 0 Å². The summed E-state index contributed by atoms with van der Waals surface area (Å²) >= 11 is 0. The number of nitrogens with two attached hydrogens (primary N) is 1. The molecule has 2 fully saturated rings. The van der Waals surface area contributed by atoms with Crippen molar-refractivity contribution >= 4 is 23.0 Å². The Hall–Kier alpha value is -0.796. The van der Waals surface area contributed by atoms with Crippen LogP contribution >= 0.6 is 0 Å². The molecular formula is C21H42N3O6Si2+. The van der Waals surface area contributed by atoms with Gasteiger partial charge in [-0.1, -0.05) is 55.4 Å². The molecule has 0 aliphatic carbocycles. The molecule has 0 aromatic heterocycles. The van der Waals surface area contributed by atoms with Crippen molar-refractivity contribution in [2.45, 2.75) is 102 Å². The molecule has 4 atom stereocenters. The Morgan fingerprint density at radius 1 is 1.03 bits per heavy atom. The fourth-order valence-electron chi connectivity index (χ4n) is 6.75. The van der Waals surface area contributed by atoms with E-state index < -0.39 is 48.1 Å². The summed E-state index contributed by atoms with van der Waals surface area (Å²) in [6.45, 7) is 16.7. The van der Waals surface area contributed by atoms with Gasteiger partial charge in [0.25, 0.3) is 0 Å².